The molecule has 2 heterocycles. The van der Waals surface area contributed by atoms with Crippen LogP contribution in [0.2, 0.25) is 0 Å². The number of ether oxygens (including phenoxy) is 2. The highest BCUT2D eigenvalue weighted by Crippen LogP contribution is 2.29. The smallest absolute Gasteiger partial charge is 0.260 e. The summed E-state index contributed by atoms with van der Waals surface area (Å²) in [6.07, 6.45) is 4.57. The first kappa shape index (κ1) is 23.6. The lowest BCUT2D eigenvalue weighted by atomic mass is 10.2. The molecule has 11 heteroatoms. The van der Waals surface area contributed by atoms with Gasteiger partial charge in [-0.1, -0.05) is 48.1 Å². The molecule has 2 aromatic rings. The van der Waals surface area contributed by atoms with Crippen LogP contribution in [-0.2, 0) is 9.59 Å². The third-order valence-corrected chi connectivity index (χ3v) is 7.88. The average molecular weight is 492 g/mol. The second kappa shape index (κ2) is 11.6. The summed E-state index contributed by atoms with van der Waals surface area (Å²) in [5, 5.41) is 12.4. The Kier molecular flexibility index (Phi) is 8.27. The Morgan fingerprint density at radius 3 is 2.58 bits per heavy atom. The molecule has 1 saturated heterocycles. The number of piperazine rings is 1. The summed E-state index contributed by atoms with van der Waals surface area (Å²) >= 11 is 2.91. The van der Waals surface area contributed by atoms with Crippen molar-refractivity contribution in [2.75, 3.05) is 50.5 Å². The molecule has 0 unspecified atom stereocenters. The summed E-state index contributed by atoms with van der Waals surface area (Å²) in [7, 11) is 1.58. The number of anilines is 1. The molecule has 2 fully saturated rings. The van der Waals surface area contributed by atoms with Crippen LogP contribution in [0.4, 0.5) is 5.13 Å². The fourth-order valence-corrected chi connectivity index (χ4v) is 5.68. The standard InChI is InChI=1S/C22H29N5O4S2/c1-30-17-8-4-5-9-18(17)31-14-20(29)26-10-12-27(13-11-26)21-24-25-22(33-21)32-15-19(28)23-16-6-2-3-7-16/h4-5,8-9,16H,2-3,6-7,10-15H2,1H3,(H,23,28). The number of carbonyl (C=O) groups excluding carboxylic acids is 2. The number of hydrogen-bond acceptors (Lipinski definition) is 9. The van der Waals surface area contributed by atoms with Gasteiger partial charge >= 0.3 is 0 Å². The van der Waals surface area contributed by atoms with Crippen molar-refractivity contribution in [2.24, 2.45) is 0 Å². The lowest BCUT2D eigenvalue weighted by molar-refractivity contribution is -0.133. The Balaban J connectivity index is 1.19. The van der Waals surface area contributed by atoms with Crippen LogP contribution in [-0.4, -0.2) is 78.6 Å². The second-order valence-corrected chi connectivity index (χ2v) is 10.2. The summed E-state index contributed by atoms with van der Waals surface area (Å²) in [5.41, 5.74) is 0. The maximum Gasteiger partial charge on any atom is 0.260 e. The molecule has 1 aliphatic heterocycles. The number of thioether (sulfide) groups is 1. The van der Waals surface area contributed by atoms with E-state index in [0.29, 0.717) is 49.5 Å². The van der Waals surface area contributed by atoms with Crippen LogP contribution in [0.3, 0.4) is 0 Å². The van der Waals surface area contributed by atoms with Crippen molar-refractivity contribution in [3.63, 3.8) is 0 Å². The van der Waals surface area contributed by atoms with Gasteiger partial charge in [-0.05, 0) is 25.0 Å². The summed E-state index contributed by atoms with van der Waals surface area (Å²) in [6, 6.07) is 7.62. The molecule has 2 aliphatic rings. The van der Waals surface area contributed by atoms with Crippen molar-refractivity contribution in [1.82, 2.24) is 20.4 Å². The fraction of sp³-hybridized carbons (Fsp3) is 0.545. The van der Waals surface area contributed by atoms with Gasteiger partial charge in [-0.2, -0.15) is 0 Å². The predicted octanol–water partition coefficient (Wildman–Crippen LogP) is 2.43. The minimum absolute atomic E-state index is 0.0249. The van der Waals surface area contributed by atoms with Crippen LogP contribution in [0.15, 0.2) is 28.6 Å². The second-order valence-electron chi connectivity index (χ2n) is 8.00. The van der Waals surface area contributed by atoms with Crippen LogP contribution in [0.1, 0.15) is 25.7 Å². The molecule has 1 saturated carbocycles. The molecule has 2 amide bonds. The van der Waals surface area contributed by atoms with Crippen molar-refractivity contribution in [2.45, 2.75) is 36.1 Å². The summed E-state index contributed by atoms with van der Waals surface area (Å²) < 4.78 is 11.7. The minimum Gasteiger partial charge on any atom is -0.493 e. The number of nitrogens with one attached hydrogen (secondary N) is 1. The van der Waals surface area contributed by atoms with Gasteiger partial charge in [-0.15, -0.1) is 10.2 Å². The topological polar surface area (TPSA) is 96.9 Å². The van der Waals surface area contributed by atoms with E-state index in [-0.39, 0.29) is 18.4 Å². The van der Waals surface area contributed by atoms with Gasteiger partial charge in [0.2, 0.25) is 11.0 Å². The number of methoxy groups -OCH3 is 1. The van der Waals surface area contributed by atoms with Gasteiger partial charge in [0.15, 0.2) is 22.4 Å². The molecular weight excluding hydrogens is 462 g/mol. The maximum absolute atomic E-state index is 12.6. The largest absolute Gasteiger partial charge is 0.493 e. The lowest BCUT2D eigenvalue weighted by Crippen LogP contribution is -2.50. The van der Waals surface area contributed by atoms with Gasteiger partial charge in [0.1, 0.15) is 0 Å². The van der Waals surface area contributed by atoms with Gasteiger partial charge in [0.25, 0.3) is 5.91 Å². The molecule has 9 nitrogen and oxygen atoms in total. The van der Waals surface area contributed by atoms with Gasteiger partial charge in [-0.3, -0.25) is 9.59 Å². The number of rotatable bonds is 9. The summed E-state index contributed by atoms with van der Waals surface area (Å²) in [5.74, 6) is 1.53. The third-order valence-electron chi connectivity index (χ3n) is 5.77. The number of hydrogen-bond donors (Lipinski definition) is 1. The van der Waals surface area contributed by atoms with E-state index >= 15 is 0 Å². The predicted molar refractivity (Wildman–Crippen MR) is 128 cm³/mol. The molecular formula is C22H29N5O4S2. The first-order chi connectivity index (χ1) is 16.1. The van der Waals surface area contributed by atoms with Crippen LogP contribution in [0.25, 0.3) is 0 Å². The van der Waals surface area contributed by atoms with Crippen LogP contribution in [0, 0.1) is 0 Å². The van der Waals surface area contributed by atoms with Crippen LogP contribution in [0.5, 0.6) is 11.5 Å². The number of amides is 2. The Morgan fingerprint density at radius 1 is 1.12 bits per heavy atom. The number of benzene rings is 1. The van der Waals surface area contributed by atoms with Crippen molar-refractivity contribution in [3.8, 4) is 11.5 Å². The zero-order valence-electron chi connectivity index (χ0n) is 18.7. The number of para-hydroxylation sites is 2. The quantitative estimate of drug-likeness (QED) is 0.535. The minimum atomic E-state index is -0.0534. The van der Waals surface area contributed by atoms with Crippen LogP contribution < -0.4 is 19.7 Å². The number of carbonyl (C=O) groups is 2. The first-order valence-corrected chi connectivity index (χ1v) is 13.0. The van der Waals surface area contributed by atoms with Crippen molar-refractivity contribution in [3.05, 3.63) is 24.3 Å². The van der Waals surface area contributed by atoms with Gasteiger partial charge in [0.05, 0.1) is 12.9 Å². The van der Waals surface area contributed by atoms with E-state index in [1.165, 1.54) is 35.9 Å². The third kappa shape index (κ3) is 6.50. The average Bonchev–Trinajstić information content (AvgIpc) is 3.54. The van der Waals surface area contributed by atoms with E-state index in [9.17, 15) is 9.59 Å². The monoisotopic (exact) mass is 491 g/mol. The Hall–Kier alpha value is -2.53. The normalized spacial score (nSPS) is 16.6. The molecule has 1 aromatic carbocycles. The maximum atomic E-state index is 12.6. The molecule has 1 N–H and O–H groups in total. The highest BCUT2D eigenvalue weighted by Gasteiger charge is 2.24. The van der Waals surface area contributed by atoms with Gasteiger partial charge in [-0.25, -0.2) is 0 Å². The van der Waals surface area contributed by atoms with E-state index in [0.717, 1.165) is 22.3 Å². The first-order valence-electron chi connectivity index (χ1n) is 11.2. The zero-order valence-corrected chi connectivity index (χ0v) is 20.3. The summed E-state index contributed by atoms with van der Waals surface area (Å²) in [4.78, 5) is 28.6. The van der Waals surface area contributed by atoms with E-state index in [1.54, 1.807) is 24.1 Å². The van der Waals surface area contributed by atoms with Gasteiger partial charge < -0.3 is 24.6 Å². The lowest BCUT2D eigenvalue weighted by Gasteiger charge is -2.34. The molecule has 0 bridgehead atoms. The fourth-order valence-electron chi connectivity index (χ4n) is 3.97. The molecule has 0 spiro atoms. The molecule has 0 radical (unpaired) electrons. The number of aromatic nitrogens is 2. The Morgan fingerprint density at radius 2 is 1.85 bits per heavy atom. The van der Waals surface area contributed by atoms with Gasteiger partial charge in [0, 0.05) is 32.2 Å². The highest BCUT2D eigenvalue weighted by molar-refractivity contribution is 8.01. The molecule has 4 rings (SSSR count). The molecule has 0 atom stereocenters. The Labute approximate surface area is 201 Å². The van der Waals surface area contributed by atoms with Crippen molar-refractivity contribution >= 4 is 40.0 Å². The number of nitrogens with zero attached hydrogens (tertiary/aromatic N) is 4. The Bertz CT molecular complexity index is 942. The molecule has 1 aromatic heterocycles. The SMILES string of the molecule is COc1ccccc1OCC(=O)N1CCN(c2nnc(SCC(=O)NC3CCCC3)s2)CC1. The molecule has 1 aliphatic carbocycles. The zero-order chi connectivity index (χ0) is 23.0. The molecule has 33 heavy (non-hydrogen) atoms. The van der Waals surface area contributed by atoms with Crippen LogP contribution >= 0.6 is 23.1 Å². The van der Waals surface area contributed by atoms with E-state index < -0.39 is 0 Å². The van der Waals surface area contributed by atoms with Crippen molar-refractivity contribution < 1.29 is 19.1 Å². The van der Waals surface area contributed by atoms with Crippen molar-refractivity contribution in [1.29, 1.82) is 0 Å². The molecule has 178 valence electrons. The highest BCUT2D eigenvalue weighted by atomic mass is 32.2. The summed E-state index contributed by atoms with van der Waals surface area (Å²) in [6.45, 7) is 2.53. The van der Waals surface area contributed by atoms with E-state index in [1.807, 2.05) is 12.1 Å². The van der Waals surface area contributed by atoms with E-state index in [2.05, 4.69) is 20.4 Å². The van der Waals surface area contributed by atoms with E-state index in [4.69, 9.17) is 9.47 Å².